The first-order valence-electron chi connectivity index (χ1n) is 9.54. The van der Waals surface area contributed by atoms with Crippen LogP contribution in [0.4, 0.5) is 4.79 Å². The van der Waals surface area contributed by atoms with Crippen LogP contribution in [-0.4, -0.2) is 35.2 Å². The Bertz CT molecular complexity index is 429. The van der Waals surface area contributed by atoms with Gasteiger partial charge in [-0.1, -0.05) is 32.1 Å². The smallest absolute Gasteiger partial charge is 0.316 e. The van der Waals surface area contributed by atoms with Crippen molar-refractivity contribution in [2.24, 2.45) is 11.8 Å². The molecule has 4 aliphatic rings. The highest BCUT2D eigenvalue weighted by Gasteiger charge is 2.49. The molecule has 2 amide bonds. The van der Waals surface area contributed by atoms with E-state index in [0.717, 1.165) is 12.5 Å². The number of fused-ring (bicyclic) bond motifs is 3. The molecule has 4 rings (SSSR count). The maximum atomic E-state index is 12.3. The summed E-state index contributed by atoms with van der Waals surface area (Å²) in [6.45, 7) is 0.839. The number of carbonyl (C=O) groups is 1. The number of carbonyl (C=O) groups excluding carboxylic acids is 1. The molecule has 4 fully saturated rings. The fraction of sp³-hybridized carbons (Fsp3) is 0.941. The molecular weight excluding hydrogens is 308 g/mol. The van der Waals surface area contributed by atoms with Crippen LogP contribution in [0.25, 0.3) is 0 Å². The molecule has 0 aromatic carbocycles. The van der Waals surface area contributed by atoms with Crippen molar-refractivity contribution in [2.75, 3.05) is 6.54 Å². The second-order valence-electron chi connectivity index (χ2n) is 7.76. The molecule has 2 aliphatic heterocycles. The highest BCUT2D eigenvalue weighted by molar-refractivity contribution is 7.98. The Hall–Kier alpha value is -0.460. The van der Waals surface area contributed by atoms with Crippen molar-refractivity contribution in [3.8, 4) is 0 Å². The molecule has 4 atom stereocenters. The largest absolute Gasteiger partial charge is 0.338 e. The van der Waals surface area contributed by atoms with Gasteiger partial charge in [-0.2, -0.15) is 0 Å². The minimum Gasteiger partial charge on any atom is -0.338 e. The summed E-state index contributed by atoms with van der Waals surface area (Å²) in [6.07, 6.45) is 13.7. The van der Waals surface area contributed by atoms with Crippen molar-refractivity contribution in [3.63, 3.8) is 0 Å². The van der Waals surface area contributed by atoms with E-state index in [9.17, 15) is 4.79 Å². The lowest BCUT2D eigenvalue weighted by molar-refractivity contribution is 0.134. The fourth-order valence-electron chi connectivity index (χ4n) is 5.04. The van der Waals surface area contributed by atoms with E-state index in [1.807, 2.05) is 0 Å². The van der Waals surface area contributed by atoms with Crippen LogP contribution in [0.1, 0.15) is 64.2 Å². The average Bonchev–Trinajstić information content (AvgIpc) is 3.14. The van der Waals surface area contributed by atoms with Crippen LogP contribution >= 0.6 is 11.9 Å². The van der Waals surface area contributed by atoms with Crippen LogP contribution in [0, 0.1) is 11.8 Å². The molecule has 2 saturated carbocycles. The molecule has 0 aromatic heterocycles. The van der Waals surface area contributed by atoms with E-state index in [1.165, 1.54) is 64.2 Å². The SMILES string of the molecule is O=C(NCC1CCCCC1)NC1SNC2CC3CCCCC3N21. The maximum Gasteiger partial charge on any atom is 0.316 e. The van der Waals surface area contributed by atoms with Crippen molar-refractivity contribution in [2.45, 2.75) is 81.9 Å². The van der Waals surface area contributed by atoms with Crippen LogP contribution < -0.4 is 15.4 Å². The van der Waals surface area contributed by atoms with Gasteiger partial charge in [0.1, 0.15) is 5.50 Å². The summed E-state index contributed by atoms with van der Waals surface area (Å²) >= 11 is 1.68. The first-order chi connectivity index (χ1) is 11.3. The summed E-state index contributed by atoms with van der Waals surface area (Å²) in [6, 6.07) is 0.676. The standard InChI is InChI=1S/C17H30N4OS/c22-16(18-11-12-6-2-1-3-7-12)19-17-21-14-9-5-4-8-13(14)10-15(21)20-23-17/h12-15,17,20H,1-11H2,(H2,18,19,22). The lowest BCUT2D eigenvalue weighted by Crippen LogP contribution is -2.52. The molecule has 4 unspecified atom stereocenters. The molecule has 2 saturated heterocycles. The molecule has 0 spiro atoms. The van der Waals surface area contributed by atoms with Gasteiger partial charge in [-0.05, 0) is 55.9 Å². The van der Waals surface area contributed by atoms with Gasteiger partial charge in [-0.25, -0.2) is 9.52 Å². The lowest BCUT2D eigenvalue weighted by atomic mass is 9.85. The zero-order valence-corrected chi connectivity index (χ0v) is 14.7. The summed E-state index contributed by atoms with van der Waals surface area (Å²) in [5.41, 5.74) is 0.0967. The Morgan fingerprint density at radius 2 is 1.87 bits per heavy atom. The predicted octanol–water partition coefficient (Wildman–Crippen LogP) is 2.99. The van der Waals surface area contributed by atoms with Crippen LogP contribution in [-0.2, 0) is 0 Å². The van der Waals surface area contributed by atoms with Gasteiger partial charge in [-0.15, -0.1) is 0 Å². The zero-order valence-electron chi connectivity index (χ0n) is 13.9. The summed E-state index contributed by atoms with van der Waals surface area (Å²) in [7, 11) is 0. The summed E-state index contributed by atoms with van der Waals surface area (Å²) in [5.74, 6) is 1.52. The quantitative estimate of drug-likeness (QED) is 0.693. The average molecular weight is 339 g/mol. The van der Waals surface area contributed by atoms with E-state index in [0.29, 0.717) is 18.1 Å². The lowest BCUT2D eigenvalue weighted by Gasteiger charge is -2.34. The third-order valence-electron chi connectivity index (χ3n) is 6.25. The van der Waals surface area contributed by atoms with Gasteiger partial charge in [0.2, 0.25) is 0 Å². The summed E-state index contributed by atoms with van der Waals surface area (Å²) in [4.78, 5) is 14.8. The molecule has 23 heavy (non-hydrogen) atoms. The molecule has 0 radical (unpaired) electrons. The van der Waals surface area contributed by atoms with Crippen molar-refractivity contribution in [3.05, 3.63) is 0 Å². The minimum atomic E-state index is 0.00906. The highest BCUT2D eigenvalue weighted by Crippen LogP contribution is 2.44. The van der Waals surface area contributed by atoms with Crippen LogP contribution in [0.2, 0.25) is 0 Å². The number of nitrogens with zero attached hydrogens (tertiary/aromatic N) is 1. The predicted molar refractivity (Wildman–Crippen MR) is 93.6 cm³/mol. The zero-order chi connectivity index (χ0) is 15.6. The number of hydrogen-bond donors (Lipinski definition) is 3. The third-order valence-corrected chi connectivity index (χ3v) is 7.25. The molecule has 130 valence electrons. The normalized spacial score (nSPS) is 38.1. The number of urea groups is 1. The third kappa shape index (κ3) is 3.49. The fourth-order valence-corrected chi connectivity index (χ4v) is 6.14. The summed E-state index contributed by atoms with van der Waals surface area (Å²) in [5, 5.41) is 6.31. The van der Waals surface area contributed by atoms with Gasteiger partial charge in [0.25, 0.3) is 0 Å². The van der Waals surface area contributed by atoms with Crippen LogP contribution in [0.3, 0.4) is 0 Å². The van der Waals surface area contributed by atoms with Gasteiger partial charge >= 0.3 is 6.03 Å². The maximum absolute atomic E-state index is 12.3. The Morgan fingerprint density at radius 1 is 1.09 bits per heavy atom. The topological polar surface area (TPSA) is 56.4 Å². The highest BCUT2D eigenvalue weighted by atomic mass is 32.2. The van der Waals surface area contributed by atoms with E-state index in [-0.39, 0.29) is 11.5 Å². The molecule has 2 heterocycles. The number of hydrogen-bond acceptors (Lipinski definition) is 4. The second kappa shape index (κ2) is 7.19. The monoisotopic (exact) mass is 338 g/mol. The molecular formula is C17H30N4OS. The number of rotatable bonds is 3. The van der Waals surface area contributed by atoms with E-state index < -0.39 is 0 Å². The molecule has 3 N–H and O–H groups in total. The van der Waals surface area contributed by atoms with Crippen molar-refractivity contribution in [1.29, 1.82) is 0 Å². The minimum absolute atomic E-state index is 0.00906. The van der Waals surface area contributed by atoms with Gasteiger partial charge in [0.05, 0.1) is 6.17 Å². The van der Waals surface area contributed by atoms with Crippen LogP contribution in [0.5, 0.6) is 0 Å². The number of nitrogens with one attached hydrogen (secondary N) is 3. The molecule has 2 aliphatic carbocycles. The second-order valence-corrected chi connectivity index (χ2v) is 8.67. The Kier molecular flexibility index (Phi) is 5.02. The Morgan fingerprint density at radius 3 is 2.74 bits per heavy atom. The van der Waals surface area contributed by atoms with Crippen molar-refractivity contribution < 1.29 is 4.79 Å². The summed E-state index contributed by atoms with van der Waals surface area (Å²) < 4.78 is 3.54. The molecule has 0 aromatic rings. The molecule has 0 bridgehead atoms. The van der Waals surface area contributed by atoms with Gasteiger partial charge in [-0.3, -0.25) is 4.90 Å². The first kappa shape index (κ1) is 16.0. The van der Waals surface area contributed by atoms with E-state index in [1.54, 1.807) is 11.9 Å². The van der Waals surface area contributed by atoms with Crippen LogP contribution in [0.15, 0.2) is 0 Å². The Balaban J connectivity index is 1.27. The van der Waals surface area contributed by atoms with Gasteiger partial charge in [0.15, 0.2) is 0 Å². The van der Waals surface area contributed by atoms with Gasteiger partial charge in [0, 0.05) is 12.6 Å². The molecule has 5 nitrogen and oxygen atoms in total. The van der Waals surface area contributed by atoms with Crippen molar-refractivity contribution >= 4 is 18.0 Å². The number of amides is 2. The van der Waals surface area contributed by atoms with E-state index in [4.69, 9.17) is 0 Å². The Labute approximate surface area is 143 Å². The van der Waals surface area contributed by atoms with Gasteiger partial charge < -0.3 is 10.6 Å². The first-order valence-corrected chi connectivity index (χ1v) is 10.4. The van der Waals surface area contributed by atoms with E-state index >= 15 is 0 Å². The molecule has 6 heteroatoms. The van der Waals surface area contributed by atoms with Crippen molar-refractivity contribution in [1.82, 2.24) is 20.3 Å². The van der Waals surface area contributed by atoms with E-state index in [2.05, 4.69) is 20.3 Å².